The molecule has 4 nitrogen and oxygen atoms in total. The van der Waals surface area contributed by atoms with Gasteiger partial charge in [0.15, 0.2) is 0 Å². The number of nitrogens with one attached hydrogen (secondary N) is 1. The van der Waals surface area contributed by atoms with Gasteiger partial charge in [0.1, 0.15) is 0 Å². The van der Waals surface area contributed by atoms with Gasteiger partial charge in [-0.25, -0.2) is 0 Å². The first-order valence-electron chi connectivity index (χ1n) is 7.10. The van der Waals surface area contributed by atoms with Crippen molar-refractivity contribution in [1.29, 1.82) is 0 Å². The summed E-state index contributed by atoms with van der Waals surface area (Å²) in [6.45, 7) is 6.56. The van der Waals surface area contributed by atoms with Gasteiger partial charge in [0.25, 0.3) is 0 Å². The van der Waals surface area contributed by atoms with Gasteiger partial charge in [-0.2, -0.15) is 5.10 Å². The molecule has 0 aliphatic carbocycles. The molecule has 1 unspecified atom stereocenters. The topological polar surface area (TPSA) is 50.1 Å². The molecule has 0 aliphatic heterocycles. The molecule has 0 aliphatic rings. The molecule has 1 aromatic heterocycles. The van der Waals surface area contributed by atoms with Crippen LogP contribution in [0.5, 0.6) is 0 Å². The van der Waals surface area contributed by atoms with Crippen LogP contribution in [0.4, 0.5) is 5.69 Å². The highest BCUT2D eigenvalue weighted by Gasteiger charge is 2.09. The molecule has 1 aromatic carbocycles. The van der Waals surface area contributed by atoms with Gasteiger partial charge in [0.05, 0.1) is 12.2 Å². The highest BCUT2D eigenvalue weighted by molar-refractivity contribution is 5.46. The van der Waals surface area contributed by atoms with Gasteiger partial charge in [-0.1, -0.05) is 12.1 Å². The monoisotopic (exact) mass is 273 g/mol. The lowest BCUT2D eigenvalue weighted by atomic mass is 10.1. The summed E-state index contributed by atoms with van der Waals surface area (Å²) in [6.07, 6.45) is 4.71. The van der Waals surface area contributed by atoms with Crippen LogP contribution >= 0.6 is 0 Å². The average Bonchev–Trinajstić information content (AvgIpc) is 2.91. The first-order valence-corrected chi connectivity index (χ1v) is 7.10. The van der Waals surface area contributed by atoms with Crippen LogP contribution < -0.4 is 5.32 Å². The third-order valence-electron chi connectivity index (χ3n) is 3.39. The van der Waals surface area contributed by atoms with Crippen LogP contribution in [-0.2, 0) is 6.42 Å². The average molecular weight is 273 g/mol. The molecule has 0 saturated carbocycles. The van der Waals surface area contributed by atoms with E-state index in [1.54, 1.807) is 0 Å². The minimum absolute atomic E-state index is 0.192. The molecule has 4 heteroatoms. The third kappa shape index (κ3) is 3.61. The minimum atomic E-state index is 0.192. The zero-order valence-corrected chi connectivity index (χ0v) is 12.4. The second kappa shape index (κ2) is 6.57. The Balaban J connectivity index is 2.00. The zero-order chi connectivity index (χ0) is 14.5. The van der Waals surface area contributed by atoms with E-state index >= 15 is 0 Å². The quantitative estimate of drug-likeness (QED) is 0.850. The van der Waals surface area contributed by atoms with E-state index in [9.17, 15) is 0 Å². The van der Waals surface area contributed by atoms with Gasteiger partial charge in [-0.3, -0.25) is 4.68 Å². The molecule has 0 fully saturated rings. The molecule has 108 valence electrons. The van der Waals surface area contributed by atoms with Gasteiger partial charge in [0, 0.05) is 30.1 Å². The van der Waals surface area contributed by atoms with E-state index in [2.05, 4.69) is 37.4 Å². The number of benzene rings is 1. The van der Waals surface area contributed by atoms with E-state index < -0.39 is 0 Å². The van der Waals surface area contributed by atoms with Gasteiger partial charge in [-0.05, 0) is 44.9 Å². The van der Waals surface area contributed by atoms with Crippen LogP contribution in [0.2, 0.25) is 0 Å². The summed E-state index contributed by atoms with van der Waals surface area (Å²) >= 11 is 0. The molecule has 0 spiro atoms. The molecular formula is C16H23N3O. The molecule has 1 atom stereocenters. The maximum Gasteiger partial charge on any atom is 0.0542 e. The van der Waals surface area contributed by atoms with E-state index in [4.69, 9.17) is 5.11 Å². The Labute approximate surface area is 120 Å². The fraction of sp³-hybridized carbons (Fsp3) is 0.438. The summed E-state index contributed by atoms with van der Waals surface area (Å²) in [7, 11) is 0. The van der Waals surface area contributed by atoms with Crippen molar-refractivity contribution < 1.29 is 5.11 Å². The molecule has 2 rings (SSSR count). The van der Waals surface area contributed by atoms with Crippen LogP contribution in [0.3, 0.4) is 0 Å². The van der Waals surface area contributed by atoms with Crippen LogP contribution in [0.25, 0.3) is 0 Å². The summed E-state index contributed by atoms with van der Waals surface area (Å²) in [5.41, 5.74) is 3.41. The summed E-state index contributed by atoms with van der Waals surface area (Å²) in [4.78, 5) is 0. The molecular weight excluding hydrogens is 250 g/mol. The maximum absolute atomic E-state index is 8.91. The van der Waals surface area contributed by atoms with Crippen molar-refractivity contribution in [3.63, 3.8) is 0 Å². The standard InChI is InChI=1S/C16H23N3O/c1-12(2)19-11-15(10-17-19)13(3)18-16-6-4-14(5-7-16)8-9-20/h4-7,10-13,18,20H,8-9H2,1-3H3. The molecule has 1 heterocycles. The Morgan fingerprint density at radius 1 is 1.20 bits per heavy atom. The number of hydrogen-bond acceptors (Lipinski definition) is 3. The first-order chi connectivity index (χ1) is 9.60. The van der Waals surface area contributed by atoms with Crippen LogP contribution in [0.1, 0.15) is 44.0 Å². The summed E-state index contributed by atoms with van der Waals surface area (Å²) in [5.74, 6) is 0. The number of nitrogens with zero attached hydrogens (tertiary/aromatic N) is 2. The normalized spacial score (nSPS) is 12.7. The Morgan fingerprint density at radius 2 is 1.90 bits per heavy atom. The minimum Gasteiger partial charge on any atom is -0.396 e. The van der Waals surface area contributed by atoms with Crippen molar-refractivity contribution in [3.05, 3.63) is 47.8 Å². The second-order valence-electron chi connectivity index (χ2n) is 5.38. The van der Waals surface area contributed by atoms with Gasteiger partial charge in [-0.15, -0.1) is 0 Å². The highest BCUT2D eigenvalue weighted by atomic mass is 16.2. The van der Waals surface area contributed by atoms with Crippen molar-refractivity contribution in [3.8, 4) is 0 Å². The van der Waals surface area contributed by atoms with Gasteiger partial charge >= 0.3 is 0 Å². The fourth-order valence-electron chi connectivity index (χ4n) is 2.09. The molecule has 0 bridgehead atoms. The van der Waals surface area contributed by atoms with E-state index in [1.165, 1.54) is 5.56 Å². The molecule has 20 heavy (non-hydrogen) atoms. The van der Waals surface area contributed by atoms with Crippen molar-refractivity contribution in [1.82, 2.24) is 9.78 Å². The predicted octanol–water partition coefficient (Wildman–Crippen LogP) is 3.17. The number of aliphatic hydroxyl groups is 1. The fourth-order valence-corrected chi connectivity index (χ4v) is 2.09. The number of aliphatic hydroxyl groups excluding tert-OH is 1. The second-order valence-corrected chi connectivity index (χ2v) is 5.38. The maximum atomic E-state index is 8.91. The zero-order valence-electron chi connectivity index (χ0n) is 12.4. The first kappa shape index (κ1) is 14.6. The van der Waals surface area contributed by atoms with Crippen LogP contribution in [-0.4, -0.2) is 21.5 Å². The van der Waals surface area contributed by atoms with Crippen molar-refractivity contribution in [2.45, 2.75) is 39.3 Å². The summed E-state index contributed by atoms with van der Waals surface area (Å²) in [5, 5.41) is 16.7. The summed E-state index contributed by atoms with van der Waals surface area (Å²) in [6, 6.07) is 8.79. The Morgan fingerprint density at radius 3 is 2.45 bits per heavy atom. The van der Waals surface area contributed by atoms with E-state index in [-0.39, 0.29) is 12.6 Å². The molecule has 2 aromatic rings. The lowest BCUT2D eigenvalue weighted by Crippen LogP contribution is -2.06. The lowest BCUT2D eigenvalue weighted by Gasteiger charge is -2.14. The van der Waals surface area contributed by atoms with Gasteiger partial charge in [0.2, 0.25) is 0 Å². The molecule has 0 saturated heterocycles. The third-order valence-corrected chi connectivity index (χ3v) is 3.39. The van der Waals surface area contributed by atoms with E-state index in [0.29, 0.717) is 12.5 Å². The van der Waals surface area contributed by atoms with E-state index in [0.717, 1.165) is 11.3 Å². The van der Waals surface area contributed by atoms with Crippen molar-refractivity contribution in [2.24, 2.45) is 0 Å². The SMILES string of the molecule is CC(Nc1ccc(CCO)cc1)c1cnn(C(C)C)c1. The predicted molar refractivity (Wildman–Crippen MR) is 81.9 cm³/mol. The van der Waals surface area contributed by atoms with Crippen molar-refractivity contribution >= 4 is 5.69 Å². The van der Waals surface area contributed by atoms with Crippen LogP contribution in [0, 0.1) is 0 Å². The van der Waals surface area contributed by atoms with Gasteiger partial charge < -0.3 is 10.4 Å². The lowest BCUT2D eigenvalue weighted by molar-refractivity contribution is 0.299. The van der Waals surface area contributed by atoms with Crippen LogP contribution in [0.15, 0.2) is 36.7 Å². The van der Waals surface area contributed by atoms with Crippen molar-refractivity contribution in [2.75, 3.05) is 11.9 Å². The molecule has 0 amide bonds. The Bertz CT molecular complexity index is 531. The molecule has 2 N–H and O–H groups in total. The number of anilines is 1. The Hall–Kier alpha value is -1.81. The largest absolute Gasteiger partial charge is 0.396 e. The highest BCUT2D eigenvalue weighted by Crippen LogP contribution is 2.20. The number of hydrogen-bond donors (Lipinski definition) is 2. The van der Waals surface area contributed by atoms with E-state index in [1.807, 2.05) is 35.1 Å². The smallest absolute Gasteiger partial charge is 0.0542 e. The summed E-state index contributed by atoms with van der Waals surface area (Å²) < 4.78 is 1.97. The number of aromatic nitrogens is 2. The molecule has 0 radical (unpaired) electrons. The number of rotatable bonds is 6. The Kier molecular flexibility index (Phi) is 4.79.